The third-order valence-corrected chi connectivity index (χ3v) is 4.79. The summed E-state index contributed by atoms with van der Waals surface area (Å²) in [7, 11) is 1.61. The van der Waals surface area contributed by atoms with Gasteiger partial charge >= 0.3 is 0 Å². The summed E-state index contributed by atoms with van der Waals surface area (Å²) in [5.74, 6) is -0.0375. The van der Waals surface area contributed by atoms with E-state index in [1.807, 2.05) is 30.3 Å². The number of nitrogens with zero attached hydrogens (tertiary/aromatic N) is 3. The molecule has 0 bridgehead atoms. The number of anilines is 1. The molecule has 0 saturated carbocycles. The van der Waals surface area contributed by atoms with Gasteiger partial charge in [-0.1, -0.05) is 30.3 Å². The predicted octanol–water partition coefficient (Wildman–Crippen LogP) is 1.27. The second-order valence-electron chi connectivity index (χ2n) is 6.76. The summed E-state index contributed by atoms with van der Waals surface area (Å²) >= 11 is 0. The second-order valence-corrected chi connectivity index (χ2v) is 6.76. The Balaban J connectivity index is 1.64. The van der Waals surface area contributed by atoms with Crippen molar-refractivity contribution in [2.45, 2.75) is 19.4 Å². The lowest BCUT2D eigenvalue weighted by Crippen LogP contribution is -2.44. The molecule has 1 atom stereocenters. The van der Waals surface area contributed by atoms with Gasteiger partial charge in [-0.25, -0.2) is 4.68 Å². The second kappa shape index (κ2) is 9.32. The molecule has 1 saturated heterocycles. The monoisotopic (exact) mass is 370 g/mol. The Kier molecular flexibility index (Phi) is 6.59. The van der Waals surface area contributed by atoms with Crippen LogP contribution in [-0.4, -0.2) is 49.0 Å². The van der Waals surface area contributed by atoms with Crippen LogP contribution < -0.4 is 15.8 Å². The summed E-state index contributed by atoms with van der Waals surface area (Å²) in [6.45, 7) is 2.90. The van der Waals surface area contributed by atoms with E-state index >= 15 is 0 Å². The van der Waals surface area contributed by atoms with E-state index in [0.717, 1.165) is 30.6 Å². The van der Waals surface area contributed by atoms with E-state index in [1.165, 1.54) is 4.68 Å². The van der Waals surface area contributed by atoms with E-state index in [-0.39, 0.29) is 17.4 Å². The number of nitrogens with one attached hydrogen (secondary N) is 1. The largest absolute Gasteiger partial charge is 0.383 e. The van der Waals surface area contributed by atoms with Crippen LogP contribution >= 0.6 is 0 Å². The fraction of sp³-hybridized carbons (Fsp3) is 0.450. The first-order valence-electron chi connectivity index (χ1n) is 9.30. The van der Waals surface area contributed by atoms with Gasteiger partial charge in [0.25, 0.3) is 5.56 Å². The zero-order chi connectivity index (χ0) is 19.1. The van der Waals surface area contributed by atoms with Gasteiger partial charge in [-0.3, -0.25) is 9.59 Å². The number of hydrogen-bond acceptors (Lipinski definition) is 5. The number of carbonyl (C=O) groups excluding carboxylic acids is 1. The highest BCUT2D eigenvalue weighted by Crippen LogP contribution is 2.21. The minimum atomic E-state index is -0.136. The molecule has 1 N–H and O–H groups in total. The molecule has 7 heteroatoms. The molecule has 1 unspecified atom stereocenters. The SMILES string of the molecule is COCCNC(=O)C1CCCN(c2cnn(Cc3ccccc3)c(=O)c2)C1. The lowest BCUT2D eigenvalue weighted by atomic mass is 9.97. The summed E-state index contributed by atoms with van der Waals surface area (Å²) in [6, 6.07) is 11.4. The van der Waals surface area contributed by atoms with E-state index in [9.17, 15) is 9.59 Å². The van der Waals surface area contributed by atoms with Gasteiger partial charge in [0.15, 0.2) is 0 Å². The molecule has 0 spiro atoms. The van der Waals surface area contributed by atoms with Crippen LogP contribution in [0.4, 0.5) is 5.69 Å². The van der Waals surface area contributed by atoms with Crippen molar-refractivity contribution in [3.63, 3.8) is 0 Å². The van der Waals surface area contributed by atoms with E-state index in [0.29, 0.717) is 26.2 Å². The molecule has 1 aliphatic rings. The molecule has 0 aliphatic carbocycles. The molecule has 2 aromatic rings. The zero-order valence-corrected chi connectivity index (χ0v) is 15.6. The Morgan fingerprint density at radius 3 is 2.89 bits per heavy atom. The maximum Gasteiger partial charge on any atom is 0.269 e. The lowest BCUT2D eigenvalue weighted by Gasteiger charge is -2.33. The summed E-state index contributed by atoms with van der Waals surface area (Å²) < 4.78 is 6.42. The number of amides is 1. The topological polar surface area (TPSA) is 76.5 Å². The van der Waals surface area contributed by atoms with Crippen molar-refractivity contribution in [3.05, 3.63) is 58.5 Å². The number of methoxy groups -OCH3 is 1. The predicted molar refractivity (Wildman–Crippen MR) is 104 cm³/mol. The molecular formula is C20H26N4O3. The highest BCUT2D eigenvalue weighted by atomic mass is 16.5. The van der Waals surface area contributed by atoms with Gasteiger partial charge in [-0.15, -0.1) is 0 Å². The van der Waals surface area contributed by atoms with Gasteiger partial charge in [0.2, 0.25) is 5.91 Å². The van der Waals surface area contributed by atoms with Crippen LogP contribution in [0.25, 0.3) is 0 Å². The van der Waals surface area contributed by atoms with Gasteiger partial charge in [0.05, 0.1) is 31.0 Å². The van der Waals surface area contributed by atoms with Crippen LogP contribution in [0.5, 0.6) is 0 Å². The average Bonchev–Trinajstić information content (AvgIpc) is 2.70. The van der Waals surface area contributed by atoms with Gasteiger partial charge in [-0.05, 0) is 18.4 Å². The van der Waals surface area contributed by atoms with Crippen LogP contribution in [-0.2, 0) is 16.1 Å². The Labute approximate surface area is 158 Å². The number of piperidine rings is 1. The van der Waals surface area contributed by atoms with Crippen molar-refractivity contribution in [3.8, 4) is 0 Å². The highest BCUT2D eigenvalue weighted by molar-refractivity contribution is 5.79. The summed E-state index contributed by atoms with van der Waals surface area (Å²) in [5.41, 5.74) is 1.67. The molecule has 1 amide bonds. The molecule has 1 aromatic carbocycles. The van der Waals surface area contributed by atoms with Crippen molar-refractivity contribution >= 4 is 11.6 Å². The van der Waals surface area contributed by atoms with E-state index in [2.05, 4.69) is 15.3 Å². The Morgan fingerprint density at radius 2 is 2.15 bits per heavy atom. The van der Waals surface area contributed by atoms with Crippen molar-refractivity contribution in [2.24, 2.45) is 5.92 Å². The third-order valence-electron chi connectivity index (χ3n) is 4.79. The Bertz CT molecular complexity index is 806. The zero-order valence-electron chi connectivity index (χ0n) is 15.6. The van der Waals surface area contributed by atoms with Crippen molar-refractivity contribution < 1.29 is 9.53 Å². The maximum atomic E-state index is 12.5. The maximum absolute atomic E-state index is 12.5. The average molecular weight is 370 g/mol. The molecule has 7 nitrogen and oxygen atoms in total. The van der Waals surface area contributed by atoms with Crippen LogP contribution in [0.3, 0.4) is 0 Å². The van der Waals surface area contributed by atoms with Gasteiger partial charge < -0.3 is 15.0 Å². The van der Waals surface area contributed by atoms with Crippen molar-refractivity contribution in [2.75, 3.05) is 38.3 Å². The molecule has 3 rings (SSSR count). The first-order valence-corrected chi connectivity index (χ1v) is 9.30. The van der Waals surface area contributed by atoms with Crippen LogP contribution in [0.1, 0.15) is 18.4 Å². The number of rotatable bonds is 7. The van der Waals surface area contributed by atoms with Gasteiger partial charge in [0, 0.05) is 32.8 Å². The summed E-state index contributed by atoms with van der Waals surface area (Å²) in [6.07, 6.45) is 3.48. The minimum Gasteiger partial charge on any atom is -0.383 e. The Hall–Kier alpha value is -2.67. The number of hydrogen-bond donors (Lipinski definition) is 1. The van der Waals surface area contributed by atoms with Crippen molar-refractivity contribution in [1.29, 1.82) is 0 Å². The fourth-order valence-electron chi connectivity index (χ4n) is 3.32. The van der Waals surface area contributed by atoms with Gasteiger partial charge in [-0.2, -0.15) is 5.10 Å². The lowest BCUT2D eigenvalue weighted by molar-refractivity contribution is -0.125. The third kappa shape index (κ3) is 5.17. The molecule has 144 valence electrons. The number of benzene rings is 1. The number of ether oxygens (including phenoxy) is 1. The quantitative estimate of drug-likeness (QED) is 0.743. The fourth-order valence-corrected chi connectivity index (χ4v) is 3.32. The molecule has 1 aliphatic heterocycles. The van der Waals surface area contributed by atoms with Gasteiger partial charge in [0.1, 0.15) is 0 Å². The smallest absolute Gasteiger partial charge is 0.269 e. The first kappa shape index (κ1) is 19.1. The van der Waals surface area contributed by atoms with Crippen molar-refractivity contribution in [1.82, 2.24) is 15.1 Å². The summed E-state index contributed by atoms with van der Waals surface area (Å²) in [5, 5.41) is 7.23. The molecule has 0 radical (unpaired) electrons. The number of aromatic nitrogens is 2. The van der Waals surface area contributed by atoms with Crippen LogP contribution in [0.15, 0.2) is 47.4 Å². The normalized spacial score (nSPS) is 16.9. The van der Waals surface area contributed by atoms with E-state index < -0.39 is 0 Å². The Morgan fingerprint density at radius 1 is 1.33 bits per heavy atom. The first-order chi connectivity index (χ1) is 13.2. The van der Waals surface area contributed by atoms with Crippen LogP contribution in [0, 0.1) is 5.92 Å². The molecule has 2 heterocycles. The minimum absolute atomic E-state index is 0.0436. The van der Waals surface area contributed by atoms with E-state index in [4.69, 9.17) is 4.74 Å². The van der Waals surface area contributed by atoms with E-state index in [1.54, 1.807) is 19.4 Å². The number of carbonyl (C=O) groups is 1. The molecule has 1 fully saturated rings. The highest BCUT2D eigenvalue weighted by Gasteiger charge is 2.26. The summed E-state index contributed by atoms with van der Waals surface area (Å²) in [4.78, 5) is 26.8. The standard InChI is InChI=1S/C20H26N4O3/c1-27-11-9-21-20(26)17-8-5-10-23(15-17)18-12-19(25)24(22-13-18)14-16-6-3-2-4-7-16/h2-4,6-7,12-13,17H,5,8-11,14-15H2,1H3,(H,21,26). The molecule has 1 aromatic heterocycles. The van der Waals surface area contributed by atoms with Crippen LogP contribution in [0.2, 0.25) is 0 Å². The molecule has 27 heavy (non-hydrogen) atoms. The molecular weight excluding hydrogens is 344 g/mol.